The molecule has 0 radical (unpaired) electrons. The van der Waals surface area contributed by atoms with Crippen molar-refractivity contribution >= 4 is 6.09 Å². The fraction of sp³-hybridized carbons (Fsp3) is 0.529. The maximum Gasteiger partial charge on any atom is 0.407 e. The predicted molar refractivity (Wildman–Crippen MR) is 86.3 cm³/mol. The number of benzene rings is 1. The molecule has 0 aliphatic carbocycles. The Kier molecular flexibility index (Phi) is 7.41. The van der Waals surface area contributed by atoms with E-state index in [-0.39, 0.29) is 6.04 Å². The van der Waals surface area contributed by atoms with E-state index in [0.29, 0.717) is 13.1 Å². The topological polar surface area (TPSA) is 74.2 Å². The highest BCUT2D eigenvalue weighted by atomic mass is 16.6. The van der Waals surface area contributed by atoms with Gasteiger partial charge in [0.15, 0.2) is 0 Å². The summed E-state index contributed by atoms with van der Waals surface area (Å²) in [5, 5.41) is 14.7. The first-order valence-electron chi connectivity index (χ1n) is 7.54. The van der Waals surface area contributed by atoms with Gasteiger partial charge in [0.1, 0.15) is 5.60 Å². The van der Waals surface area contributed by atoms with Crippen LogP contribution in [0.1, 0.15) is 45.2 Å². The Bertz CT molecular complexity index is 489. The number of carbonyl (C=O) groups excluding carboxylic acids is 1. The van der Waals surface area contributed by atoms with Gasteiger partial charge in [-0.3, -0.25) is 5.32 Å². The minimum Gasteiger partial charge on any atom is -0.444 e. The molecule has 1 unspecified atom stereocenters. The SMILES string of the molecule is CC(C)(C)OC(=O)NCCCC(NCC#N)c1ccccc1. The van der Waals surface area contributed by atoms with Crippen LogP contribution in [-0.4, -0.2) is 24.8 Å². The molecule has 1 amide bonds. The minimum absolute atomic E-state index is 0.112. The highest BCUT2D eigenvalue weighted by Crippen LogP contribution is 2.17. The van der Waals surface area contributed by atoms with Gasteiger partial charge in [-0.25, -0.2) is 4.79 Å². The maximum atomic E-state index is 11.6. The van der Waals surface area contributed by atoms with Crippen LogP contribution in [0.25, 0.3) is 0 Å². The predicted octanol–water partition coefficient (Wildman–Crippen LogP) is 3.15. The van der Waals surface area contributed by atoms with E-state index >= 15 is 0 Å². The lowest BCUT2D eigenvalue weighted by Crippen LogP contribution is -2.33. The van der Waals surface area contributed by atoms with Crippen molar-refractivity contribution in [3.63, 3.8) is 0 Å². The average molecular weight is 303 g/mol. The van der Waals surface area contributed by atoms with Crippen molar-refractivity contribution in [2.45, 2.75) is 45.3 Å². The molecule has 0 aliphatic rings. The van der Waals surface area contributed by atoms with Crippen LogP contribution in [0.15, 0.2) is 30.3 Å². The van der Waals surface area contributed by atoms with Crippen molar-refractivity contribution in [3.8, 4) is 6.07 Å². The molecule has 22 heavy (non-hydrogen) atoms. The fourth-order valence-corrected chi connectivity index (χ4v) is 2.05. The molecule has 5 heteroatoms. The summed E-state index contributed by atoms with van der Waals surface area (Å²) in [6.07, 6.45) is 1.24. The first-order chi connectivity index (χ1) is 10.4. The van der Waals surface area contributed by atoms with Crippen molar-refractivity contribution in [2.75, 3.05) is 13.1 Å². The van der Waals surface area contributed by atoms with Crippen molar-refractivity contribution in [2.24, 2.45) is 0 Å². The van der Waals surface area contributed by atoms with Crippen molar-refractivity contribution < 1.29 is 9.53 Å². The second-order valence-electron chi connectivity index (χ2n) is 6.07. The van der Waals surface area contributed by atoms with Gasteiger partial charge in [-0.1, -0.05) is 30.3 Å². The Morgan fingerprint density at radius 2 is 2.00 bits per heavy atom. The van der Waals surface area contributed by atoms with E-state index in [1.54, 1.807) is 0 Å². The molecule has 1 aromatic carbocycles. The van der Waals surface area contributed by atoms with Crippen LogP contribution in [-0.2, 0) is 4.74 Å². The summed E-state index contributed by atoms with van der Waals surface area (Å²) in [6.45, 7) is 6.36. The Labute approximate surface area is 132 Å². The molecule has 0 fully saturated rings. The number of ether oxygens (including phenoxy) is 1. The molecule has 0 spiro atoms. The Morgan fingerprint density at radius 1 is 1.32 bits per heavy atom. The second kappa shape index (κ2) is 9.06. The quantitative estimate of drug-likeness (QED) is 0.599. The van der Waals surface area contributed by atoms with Crippen LogP contribution in [0.4, 0.5) is 4.79 Å². The number of hydrogen-bond acceptors (Lipinski definition) is 4. The van der Waals surface area contributed by atoms with Gasteiger partial charge in [0, 0.05) is 12.6 Å². The zero-order chi connectivity index (χ0) is 16.4. The molecule has 2 N–H and O–H groups in total. The molecular weight excluding hydrogens is 278 g/mol. The standard InChI is InChI=1S/C17H25N3O2/c1-17(2,3)22-16(21)20-12-7-10-15(19-13-11-18)14-8-5-4-6-9-14/h4-6,8-9,15,19H,7,10,12-13H2,1-3H3,(H,20,21). The van der Waals surface area contributed by atoms with E-state index in [4.69, 9.17) is 10.00 Å². The van der Waals surface area contributed by atoms with Gasteiger partial charge in [-0.05, 0) is 39.2 Å². The summed E-state index contributed by atoms with van der Waals surface area (Å²) < 4.78 is 5.19. The van der Waals surface area contributed by atoms with Gasteiger partial charge in [0.2, 0.25) is 0 Å². The summed E-state index contributed by atoms with van der Waals surface area (Å²) in [5.74, 6) is 0. The van der Waals surface area contributed by atoms with E-state index in [1.807, 2.05) is 51.1 Å². The van der Waals surface area contributed by atoms with Gasteiger partial charge >= 0.3 is 6.09 Å². The maximum absolute atomic E-state index is 11.6. The Balaban J connectivity index is 2.38. The molecule has 5 nitrogen and oxygen atoms in total. The lowest BCUT2D eigenvalue weighted by Gasteiger charge is -2.20. The van der Waals surface area contributed by atoms with E-state index in [2.05, 4.69) is 16.7 Å². The van der Waals surface area contributed by atoms with Crippen molar-refractivity contribution in [1.29, 1.82) is 5.26 Å². The van der Waals surface area contributed by atoms with Crippen LogP contribution >= 0.6 is 0 Å². The molecule has 0 saturated heterocycles. The van der Waals surface area contributed by atoms with E-state index < -0.39 is 11.7 Å². The smallest absolute Gasteiger partial charge is 0.407 e. The zero-order valence-electron chi connectivity index (χ0n) is 13.6. The number of carbonyl (C=O) groups is 1. The van der Waals surface area contributed by atoms with Crippen LogP contribution in [0.3, 0.4) is 0 Å². The van der Waals surface area contributed by atoms with E-state index in [0.717, 1.165) is 18.4 Å². The summed E-state index contributed by atoms with van der Waals surface area (Å²) in [7, 11) is 0. The van der Waals surface area contributed by atoms with Gasteiger partial charge in [0.25, 0.3) is 0 Å². The Morgan fingerprint density at radius 3 is 2.59 bits per heavy atom. The van der Waals surface area contributed by atoms with Gasteiger partial charge in [-0.2, -0.15) is 5.26 Å². The van der Waals surface area contributed by atoms with Crippen molar-refractivity contribution in [1.82, 2.24) is 10.6 Å². The van der Waals surface area contributed by atoms with Crippen LogP contribution in [0.2, 0.25) is 0 Å². The summed E-state index contributed by atoms with van der Waals surface area (Å²) in [5.41, 5.74) is 0.667. The third kappa shape index (κ3) is 7.65. The van der Waals surface area contributed by atoms with Crippen LogP contribution in [0, 0.1) is 11.3 Å². The molecule has 0 aromatic heterocycles. The average Bonchev–Trinajstić information content (AvgIpc) is 2.45. The van der Waals surface area contributed by atoms with Gasteiger partial charge in [-0.15, -0.1) is 0 Å². The monoisotopic (exact) mass is 303 g/mol. The second-order valence-corrected chi connectivity index (χ2v) is 6.07. The van der Waals surface area contributed by atoms with E-state index in [9.17, 15) is 4.79 Å². The lowest BCUT2D eigenvalue weighted by atomic mass is 10.0. The highest BCUT2D eigenvalue weighted by Gasteiger charge is 2.16. The number of rotatable bonds is 7. The van der Waals surface area contributed by atoms with Gasteiger partial charge < -0.3 is 10.1 Å². The normalized spacial score (nSPS) is 12.3. The van der Waals surface area contributed by atoms with E-state index in [1.165, 1.54) is 0 Å². The Hall–Kier alpha value is -2.06. The minimum atomic E-state index is -0.481. The zero-order valence-corrected chi connectivity index (χ0v) is 13.6. The number of hydrogen-bond donors (Lipinski definition) is 2. The molecule has 1 aromatic rings. The molecule has 120 valence electrons. The third-order valence-corrected chi connectivity index (χ3v) is 2.97. The molecule has 0 aliphatic heterocycles. The lowest BCUT2D eigenvalue weighted by molar-refractivity contribution is 0.0526. The molecule has 0 heterocycles. The number of amides is 1. The molecule has 1 atom stereocenters. The van der Waals surface area contributed by atoms with Crippen LogP contribution in [0.5, 0.6) is 0 Å². The summed E-state index contributed by atoms with van der Waals surface area (Å²) >= 11 is 0. The molecule has 1 rings (SSSR count). The van der Waals surface area contributed by atoms with Crippen molar-refractivity contribution in [3.05, 3.63) is 35.9 Å². The summed E-state index contributed by atoms with van der Waals surface area (Å²) in [4.78, 5) is 11.6. The highest BCUT2D eigenvalue weighted by molar-refractivity contribution is 5.67. The number of alkyl carbamates (subject to hydrolysis) is 1. The third-order valence-electron chi connectivity index (χ3n) is 2.97. The van der Waals surface area contributed by atoms with Crippen LogP contribution < -0.4 is 10.6 Å². The number of nitriles is 1. The number of nitrogens with zero attached hydrogens (tertiary/aromatic N) is 1. The molecule has 0 saturated carbocycles. The largest absolute Gasteiger partial charge is 0.444 e. The van der Waals surface area contributed by atoms with Gasteiger partial charge in [0.05, 0.1) is 12.6 Å². The first kappa shape index (κ1) is 18.0. The summed E-state index contributed by atoms with van der Waals surface area (Å²) in [6, 6.07) is 12.2. The number of nitrogens with one attached hydrogen (secondary N) is 2. The molecule has 0 bridgehead atoms. The molecular formula is C17H25N3O2. The first-order valence-corrected chi connectivity index (χ1v) is 7.54. The fourth-order valence-electron chi connectivity index (χ4n) is 2.05.